The lowest BCUT2D eigenvalue weighted by molar-refractivity contribution is -0.0115. The summed E-state index contributed by atoms with van der Waals surface area (Å²) in [6, 6.07) is 10.2. The van der Waals surface area contributed by atoms with Crippen molar-refractivity contribution < 1.29 is 37.1 Å². The molecule has 3 N–H and O–H groups in total. The van der Waals surface area contributed by atoms with Gasteiger partial charge in [0, 0.05) is 38.3 Å². The van der Waals surface area contributed by atoms with E-state index >= 15 is 0 Å². The number of ether oxygens (including phenoxy) is 2. The number of amides is 3. The summed E-state index contributed by atoms with van der Waals surface area (Å²) in [5.74, 6) is 0.104. The van der Waals surface area contributed by atoms with Gasteiger partial charge in [-0.2, -0.15) is 0 Å². The number of fused-ring (bicyclic) bond motifs is 1. The van der Waals surface area contributed by atoms with E-state index in [-0.39, 0.29) is 53.9 Å². The molecule has 49 heavy (non-hydrogen) atoms. The second kappa shape index (κ2) is 16.5. The van der Waals surface area contributed by atoms with Crippen molar-refractivity contribution in [3.05, 3.63) is 65.0 Å². The van der Waals surface area contributed by atoms with Gasteiger partial charge >= 0.3 is 6.03 Å². The highest BCUT2D eigenvalue weighted by atomic mass is 32.2. The van der Waals surface area contributed by atoms with Crippen LogP contribution in [0.1, 0.15) is 67.4 Å². The predicted octanol–water partition coefficient (Wildman–Crippen LogP) is 5.36. The van der Waals surface area contributed by atoms with E-state index in [1.807, 2.05) is 20.8 Å². The van der Waals surface area contributed by atoms with Crippen molar-refractivity contribution in [1.82, 2.24) is 15.0 Å². The molecule has 2 aromatic carbocycles. The molecule has 0 radical (unpaired) electrons. The van der Waals surface area contributed by atoms with E-state index in [0.29, 0.717) is 35.9 Å². The van der Waals surface area contributed by atoms with Gasteiger partial charge in [-0.15, -0.1) is 0 Å². The number of carbonyl (C=O) groups is 2. The number of nitrogens with one attached hydrogen (secondary N) is 2. The summed E-state index contributed by atoms with van der Waals surface area (Å²) in [7, 11) is -2.27. The van der Waals surface area contributed by atoms with Gasteiger partial charge < -0.3 is 34.2 Å². The van der Waals surface area contributed by atoms with Crippen molar-refractivity contribution in [2.24, 2.45) is 5.92 Å². The van der Waals surface area contributed by atoms with Gasteiger partial charge in [-0.3, -0.25) is 9.52 Å². The van der Waals surface area contributed by atoms with Crippen molar-refractivity contribution >= 4 is 33.3 Å². The largest absolute Gasteiger partial charge is 0.490 e. The number of aliphatic hydroxyl groups is 1. The van der Waals surface area contributed by atoms with E-state index in [1.165, 1.54) is 23.1 Å². The Balaban J connectivity index is 1.63. The zero-order valence-corrected chi connectivity index (χ0v) is 30.2. The SMILES string of the molecule is Cc1ccc(S(=O)(=O)Nc2ccc3c(c2)C(=O)N([C@H](C)CO)C[C@H](C)[C@H](CN(C)C(=O)Nc2c(C)noc2C)OCCCC[C@@H](C)O3)cc1. The Hall–Kier alpha value is -4.14. The molecule has 1 aliphatic heterocycles. The molecule has 268 valence electrons. The predicted molar refractivity (Wildman–Crippen MR) is 186 cm³/mol. The van der Waals surface area contributed by atoms with Crippen LogP contribution < -0.4 is 14.8 Å². The number of nitrogens with zero attached hydrogens (tertiary/aromatic N) is 3. The van der Waals surface area contributed by atoms with Crippen molar-refractivity contribution in [3.63, 3.8) is 0 Å². The topological polar surface area (TPSA) is 164 Å². The van der Waals surface area contributed by atoms with Crippen molar-refractivity contribution in [2.75, 3.05) is 43.4 Å². The molecule has 0 bridgehead atoms. The summed E-state index contributed by atoms with van der Waals surface area (Å²) < 4.78 is 46.8. The Morgan fingerprint density at radius 1 is 1.12 bits per heavy atom. The molecule has 0 aliphatic carbocycles. The van der Waals surface area contributed by atoms with Gasteiger partial charge in [0.2, 0.25) is 0 Å². The number of hydrogen-bond donors (Lipinski definition) is 3. The molecule has 14 heteroatoms. The molecule has 3 aromatic rings. The highest BCUT2D eigenvalue weighted by molar-refractivity contribution is 7.92. The summed E-state index contributed by atoms with van der Waals surface area (Å²) in [6.07, 6.45) is 1.55. The van der Waals surface area contributed by atoms with Gasteiger partial charge in [0.15, 0.2) is 5.76 Å². The van der Waals surface area contributed by atoms with Crippen LogP contribution in [0.3, 0.4) is 0 Å². The molecule has 0 unspecified atom stereocenters. The third-order valence-electron chi connectivity index (χ3n) is 8.70. The molecule has 13 nitrogen and oxygen atoms in total. The zero-order valence-electron chi connectivity index (χ0n) is 29.4. The highest BCUT2D eigenvalue weighted by Crippen LogP contribution is 2.30. The van der Waals surface area contributed by atoms with Gasteiger partial charge in [0.25, 0.3) is 15.9 Å². The third-order valence-corrected chi connectivity index (χ3v) is 10.1. The normalized spacial score (nSPS) is 20.0. The number of aromatic nitrogens is 1. The third kappa shape index (κ3) is 9.73. The van der Waals surface area contributed by atoms with Crippen LogP contribution in [0.15, 0.2) is 51.9 Å². The number of sulfonamides is 1. The molecule has 0 fully saturated rings. The van der Waals surface area contributed by atoms with Gasteiger partial charge in [0.1, 0.15) is 17.1 Å². The summed E-state index contributed by atoms with van der Waals surface area (Å²) in [5.41, 5.74) is 2.37. The number of likely N-dealkylation sites (N-methyl/N-ethyl adjacent to an activating group) is 1. The minimum absolute atomic E-state index is 0.0927. The Kier molecular flexibility index (Phi) is 12.7. The number of rotatable bonds is 8. The molecule has 1 aliphatic rings. The molecule has 0 spiro atoms. The van der Waals surface area contributed by atoms with Gasteiger partial charge in [0.05, 0.1) is 35.3 Å². The fourth-order valence-corrected chi connectivity index (χ4v) is 6.65. The highest BCUT2D eigenvalue weighted by Gasteiger charge is 2.31. The van der Waals surface area contributed by atoms with Crippen LogP contribution in [0.25, 0.3) is 0 Å². The lowest BCUT2D eigenvalue weighted by Crippen LogP contribution is -2.48. The average Bonchev–Trinajstić information content (AvgIpc) is 3.38. The molecular weight excluding hydrogens is 650 g/mol. The fraction of sp³-hybridized carbons (Fsp3) is 0.514. The lowest BCUT2D eigenvalue weighted by Gasteiger charge is -2.35. The van der Waals surface area contributed by atoms with E-state index < -0.39 is 28.1 Å². The minimum Gasteiger partial charge on any atom is -0.490 e. The van der Waals surface area contributed by atoms with Gasteiger partial charge in [-0.1, -0.05) is 29.8 Å². The number of aryl methyl sites for hydroxylation is 3. The number of benzene rings is 2. The number of anilines is 2. The average molecular weight is 700 g/mol. The first kappa shape index (κ1) is 37.7. The van der Waals surface area contributed by atoms with Crippen LogP contribution in [-0.2, 0) is 14.8 Å². The Bertz CT molecular complexity index is 1670. The smallest absolute Gasteiger partial charge is 0.321 e. The van der Waals surface area contributed by atoms with Crippen molar-refractivity contribution in [1.29, 1.82) is 0 Å². The van der Waals surface area contributed by atoms with Crippen molar-refractivity contribution in [3.8, 4) is 5.75 Å². The van der Waals surface area contributed by atoms with Crippen LogP contribution >= 0.6 is 0 Å². The monoisotopic (exact) mass is 699 g/mol. The second-order valence-electron chi connectivity index (χ2n) is 12.9. The van der Waals surface area contributed by atoms with Gasteiger partial charge in [-0.25, -0.2) is 13.2 Å². The summed E-state index contributed by atoms with van der Waals surface area (Å²) >= 11 is 0. The molecule has 1 aromatic heterocycles. The molecule has 4 atom stereocenters. The maximum atomic E-state index is 14.4. The Labute approximate surface area is 289 Å². The number of aliphatic hydroxyl groups excluding tert-OH is 1. The lowest BCUT2D eigenvalue weighted by atomic mass is 10.0. The summed E-state index contributed by atoms with van der Waals surface area (Å²) in [5, 5.41) is 17.0. The molecule has 0 saturated heterocycles. The van der Waals surface area contributed by atoms with Crippen LogP contribution in [-0.4, -0.2) is 92.0 Å². The first-order chi connectivity index (χ1) is 23.2. The quantitative estimate of drug-likeness (QED) is 0.281. The van der Waals surface area contributed by atoms with E-state index in [9.17, 15) is 23.1 Å². The zero-order chi connectivity index (χ0) is 35.9. The van der Waals surface area contributed by atoms with Crippen LogP contribution in [0.2, 0.25) is 0 Å². The number of carbonyl (C=O) groups excluding carboxylic acids is 2. The molecule has 2 heterocycles. The first-order valence-electron chi connectivity index (χ1n) is 16.6. The summed E-state index contributed by atoms with van der Waals surface area (Å²) in [6.45, 7) is 11.5. The molecule has 4 rings (SSSR count). The van der Waals surface area contributed by atoms with Crippen LogP contribution in [0.4, 0.5) is 16.2 Å². The fourth-order valence-electron chi connectivity index (χ4n) is 5.60. The maximum Gasteiger partial charge on any atom is 0.321 e. The maximum absolute atomic E-state index is 14.4. The van der Waals surface area contributed by atoms with Crippen LogP contribution in [0.5, 0.6) is 5.75 Å². The second-order valence-corrected chi connectivity index (χ2v) is 14.6. The van der Waals surface area contributed by atoms with Crippen molar-refractivity contribution in [2.45, 2.75) is 84.0 Å². The van der Waals surface area contributed by atoms with E-state index in [0.717, 1.165) is 18.4 Å². The molecule has 3 amide bonds. The first-order valence-corrected chi connectivity index (χ1v) is 18.1. The van der Waals surface area contributed by atoms with E-state index in [1.54, 1.807) is 57.0 Å². The van der Waals surface area contributed by atoms with Crippen LogP contribution in [0, 0.1) is 26.7 Å². The van der Waals surface area contributed by atoms with E-state index in [4.69, 9.17) is 14.0 Å². The Morgan fingerprint density at radius 3 is 2.49 bits per heavy atom. The Morgan fingerprint density at radius 2 is 1.84 bits per heavy atom. The standard InChI is InChI=1S/C35H49N5O8S/c1-22-11-14-29(15-12-22)49(44,45)38-28-13-16-31-30(18-28)34(42)40(24(3)21-41)19-23(2)32(46-17-9-8-10-25(4)47-31)20-39(7)35(43)36-33-26(5)37-48-27(33)6/h11-16,18,23-25,32,38,41H,8-10,17,19-21H2,1-7H3,(H,36,43)/t23-,24+,25+,32-/m0/s1. The summed E-state index contributed by atoms with van der Waals surface area (Å²) in [4.78, 5) is 30.7. The molecular formula is C35H49N5O8S. The minimum atomic E-state index is -3.94. The number of hydrogen-bond acceptors (Lipinski definition) is 9. The molecule has 0 saturated carbocycles. The van der Waals surface area contributed by atoms with Gasteiger partial charge in [-0.05, 0) is 84.2 Å². The van der Waals surface area contributed by atoms with E-state index in [2.05, 4.69) is 15.2 Å². The number of urea groups is 1.